The summed E-state index contributed by atoms with van der Waals surface area (Å²) < 4.78 is 5.37. The summed E-state index contributed by atoms with van der Waals surface area (Å²) in [6, 6.07) is 29.5. The van der Waals surface area contributed by atoms with Gasteiger partial charge in [0.1, 0.15) is 11.0 Å². The predicted octanol–water partition coefficient (Wildman–Crippen LogP) is 7.38. The molecule has 1 unspecified atom stereocenters. The van der Waals surface area contributed by atoms with E-state index in [1.807, 2.05) is 79.7 Å². The molecule has 5 nitrogen and oxygen atoms in total. The van der Waals surface area contributed by atoms with Gasteiger partial charge in [-0.2, -0.15) is 0 Å². The van der Waals surface area contributed by atoms with Gasteiger partial charge in [-0.25, -0.2) is 0 Å². The molecule has 0 bridgehead atoms. The van der Waals surface area contributed by atoms with Crippen molar-refractivity contribution in [1.29, 1.82) is 0 Å². The van der Waals surface area contributed by atoms with Gasteiger partial charge >= 0.3 is 0 Å². The van der Waals surface area contributed by atoms with Crippen LogP contribution in [0.1, 0.15) is 26.7 Å². The second-order valence-corrected chi connectivity index (χ2v) is 9.65. The summed E-state index contributed by atoms with van der Waals surface area (Å²) in [5, 5.41) is 5.86. The number of rotatable bonds is 8. The lowest BCUT2D eigenvalue weighted by molar-refractivity contribution is -0.115. The highest BCUT2D eigenvalue weighted by Gasteiger charge is 2.23. The maximum absolute atomic E-state index is 13.4. The van der Waals surface area contributed by atoms with E-state index < -0.39 is 5.25 Å². The zero-order valence-corrected chi connectivity index (χ0v) is 21.4. The Labute approximate surface area is 219 Å². The number of anilines is 2. The molecule has 4 aromatic rings. The maximum atomic E-state index is 13.4. The minimum atomic E-state index is -0.526. The first-order valence-corrected chi connectivity index (χ1v) is 12.5. The summed E-state index contributed by atoms with van der Waals surface area (Å²) in [5.74, 6) is 0.160. The third-order valence-corrected chi connectivity index (χ3v) is 7.02. The fourth-order valence-electron chi connectivity index (χ4n) is 3.66. The number of halogens is 1. The first-order chi connectivity index (χ1) is 17.4. The normalized spacial score (nSPS) is 11.4. The second kappa shape index (κ2) is 11.8. The predicted molar refractivity (Wildman–Crippen MR) is 147 cm³/mol. The second-order valence-electron chi connectivity index (χ2n) is 8.04. The molecule has 0 saturated carbocycles. The molecular weight excluding hydrogens is 492 g/mol. The van der Waals surface area contributed by atoms with Crippen molar-refractivity contribution in [1.82, 2.24) is 0 Å². The molecule has 1 atom stereocenters. The monoisotopic (exact) mass is 516 g/mol. The van der Waals surface area contributed by atoms with Gasteiger partial charge in [0.05, 0.1) is 12.8 Å². The Morgan fingerprint density at radius 1 is 0.861 bits per heavy atom. The van der Waals surface area contributed by atoms with Crippen molar-refractivity contribution in [3.63, 3.8) is 0 Å². The van der Waals surface area contributed by atoms with E-state index in [0.717, 1.165) is 16.0 Å². The van der Waals surface area contributed by atoms with Crippen LogP contribution in [0, 0.1) is 6.92 Å². The summed E-state index contributed by atoms with van der Waals surface area (Å²) in [6.45, 7) is 1.91. The zero-order valence-electron chi connectivity index (χ0n) is 19.8. The summed E-state index contributed by atoms with van der Waals surface area (Å²) in [5.41, 5.74) is 3.59. The van der Waals surface area contributed by atoms with Crippen molar-refractivity contribution in [3.8, 4) is 5.75 Å². The van der Waals surface area contributed by atoms with Crippen molar-refractivity contribution in [2.24, 2.45) is 0 Å². The molecule has 0 aliphatic heterocycles. The number of thioether (sulfide) groups is 1. The van der Waals surface area contributed by atoms with E-state index in [1.54, 1.807) is 31.4 Å². The number of hydrogen-bond acceptors (Lipinski definition) is 4. The van der Waals surface area contributed by atoms with Gasteiger partial charge in [0, 0.05) is 21.2 Å². The molecule has 4 aromatic carbocycles. The molecule has 182 valence electrons. The smallest absolute Gasteiger partial charge is 0.255 e. The number of methoxy groups -OCH3 is 1. The topological polar surface area (TPSA) is 67.4 Å². The summed E-state index contributed by atoms with van der Waals surface area (Å²) >= 11 is 7.55. The molecular formula is C29H25ClN2O3S. The number of nitrogens with one attached hydrogen (secondary N) is 2. The Bertz CT molecular complexity index is 1360. The Morgan fingerprint density at radius 2 is 1.56 bits per heavy atom. The number of carbonyl (C=O) groups excluding carboxylic acids is 2. The Balaban J connectivity index is 1.52. The fourth-order valence-corrected chi connectivity index (χ4v) is 4.85. The maximum Gasteiger partial charge on any atom is 0.255 e. The SMILES string of the molecule is COc1ccc(Cl)cc1NC(=O)C(Sc1ccc(NC(=O)c2ccccc2C)cc1)c1ccccc1. The standard InChI is InChI=1S/C29H25ClN2O3S/c1-19-8-6-7-11-24(19)28(33)31-22-13-15-23(16-14-22)36-27(20-9-4-3-5-10-20)29(34)32-25-18-21(30)12-17-26(25)35-2/h3-18,27H,1-2H3,(H,31,33)(H,32,34). The zero-order chi connectivity index (χ0) is 25.5. The first kappa shape index (κ1) is 25.4. The van der Waals surface area contributed by atoms with Gasteiger partial charge in [0.25, 0.3) is 5.91 Å². The molecule has 0 aliphatic carbocycles. The number of benzene rings is 4. The van der Waals surface area contributed by atoms with Crippen molar-refractivity contribution in [2.75, 3.05) is 17.7 Å². The molecule has 0 aliphatic rings. The van der Waals surface area contributed by atoms with E-state index >= 15 is 0 Å². The Morgan fingerprint density at radius 3 is 2.25 bits per heavy atom. The van der Waals surface area contributed by atoms with Gasteiger partial charge in [-0.1, -0.05) is 60.1 Å². The van der Waals surface area contributed by atoms with Crippen molar-refractivity contribution in [3.05, 3.63) is 119 Å². The van der Waals surface area contributed by atoms with E-state index in [-0.39, 0.29) is 11.8 Å². The lowest BCUT2D eigenvalue weighted by atomic mass is 10.1. The first-order valence-electron chi connectivity index (χ1n) is 11.3. The highest BCUT2D eigenvalue weighted by atomic mass is 35.5. The summed E-state index contributed by atoms with van der Waals surface area (Å²) in [4.78, 5) is 26.9. The van der Waals surface area contributed by atoms with Crippen molar-refractivity contribution < 1.29 is 14.3 Å². The van der Waals surface area contributed by atoms with Crippen LogP contribution < -0.4 is 15.4 Å². The fraction of sp³-hybridized carbons (Fsp3) is 0.103. The molecule has 0 fully saturated rings. The average molecular weight is 517 g/mol. The van der Waals surface area contributed by atoms with Crippen molar-refractivity contribution >= 4 is 46.6 Å². The lowest BCUT2D eigenvalue weighted by Crippen LogP contribution is -2.19. The molecule has 0 saturated heterocycles. The van der Waals surface area contributed by atoms with Crippen LogP contribution in [0.25, 0.3) is 0 Å². The molecule has 0 aromatic heterocycles. The van der Waals surface area contributed by atoms with E-state index in [9.17, 15) is 9.59 Å². The van der Waals surface area contributed by atoms with Crippen molar-refractivity contribution in [2.45, 2.75) is 17.1 Å². The van der Waals surface area contributed by atoms with Gasteiger partial charge < -0.3 is 15.4 Å². The van der Waals surface area contributed by atoms with Crippen LogP contribution in [0.3, 0.4) is 0 Å². The van der Waals surface area contributed by atoms with Crippen LogP contribution in [0.15, 0.2) is 102 Å². The number of hydrogen-bond donors (Lipinski definition) is 2. The Kier molecular flexibility index (Phi) is 8.31. The molecule has 7 heteroatoms. The summed E-state index contributed by atoms with van der Waals surface area (Å²) in [7, 11) is 1.54. The molecule has 0 spiro atoms. The number of carbonyl (C=O) groups is 2. The van der Waals surface area contributed by atoms with Gasteiger partial charge in [-0.15, -0.1) is 11.8 Å². The molecule has 2 N–H and O–H groups in total. The van der Waals surface area contributed by atoms with E-state index in [1.165, 1.54) is 11.8 Å². The van der Waals surface area contributed by atoms with E-state index in [2.05, 4.69) is 10.6 Å². The third-order valence-electron chi connectivity index (χ3n) is 5.52. The lowest BCUT2D eigenvalue weighted by Gasteiger charge is -2.18. The van der Waals surface area contributed by atoms with Gasteiger partial charge in [-0.05, 0) is 66.6 Å². The van der Waals surface area contributed by atoms with Crippen LogP contribution in [0.5, 0.6) is 5.75 Å². The Hall–Kier alpha value is -3.74. The highest BCUT2D eigenvalue weighted by Crippen LogP contribution is 2.38. The molecule has 0 radical (unpaired) electrons. The molecule has 36 heavy (non-hydrogen) atoms. The minimum absolute atomic E-state index is 0.162. The molecule has 2 amide bonds. The van der Waals surface area contributed by atoms with E-state index in [0.29, 0.717) is 27.7 Å². The van der Waals surface area contributed by atoms with Crippen LogP contribution in [-0.2, 0) is 4.79 Å². The third kappa shape index (κ3) is 6.27. The van der Waals surface area contributed by atoms with Gasteiger partial charge in [0.2, 0.25) is 5.91 Å². The highest BCUT2D eigenvalue weighted by molar-refractivity contribution is 8.00. The molecule has 0 heterocycles. The van der Waals surface area contributed by atoms with E-state index in [4.69, 9.17) is 16.3 Å². The number of aryl methyl sites for hydroxylation is 1. The van der Waals surface area contributed by atoms with Crippen LogP contribution in [0.4, 0.5) is 11.4 Å². The van der Waals surface area contributed by atoms with Crippen LogP contribution in [0.2, 0.25) is 5.02 Å². The van der Waals surface area contributed by atoms with Gasteiger partial charge in [0.15, 0.2) is 0 Å². The quantitative estimate of drug-likeness (QED) is 0.240. The summed E-state index contributed by atoms with van der Waals surface area (Å²) in [6.07, 6.45) is 0. The van der Waals surface area contributed by atoms with Crippen LogP contribution in [-0.4, -0.2) is 18.9 Å². The molecule has 4 rings (SSSR count). The number of ether oxygens (including phenoxy) is 1. The average Bonchev–Trinajstić information content (AvgIpc) is 2.89. The minimum Gasteiger partial charge on any atom is -0.495 e. The van der Waals surface area contributed by atoms with Crippen LogP contribution >= 0.6 is 23.4 Å². The van der Waals surface area contributed by atoms with Gasteiger partial charge in [-0.3, -0.25) is 9.59 Å². The number of amides is 2. The largest absolute Gasteiger partial charge is 0.495 e.